The number of aryl methyl sites for hydroxylation is 2. The van der Waals surface area contributed by atoms with Crippen LogP contribution >= 0.6 is 0 Å². The summed E-state index contributed by atoms with van der Waals surface area (Å²) < 4.78 is 0. The highest BCUT2D eigenvalue weighted by atomic mass is 15.1. The van der Waals surface area contributed by atoms with Gasteiger partial charge in [0.05, 0.1) is 11.4 Å². The second-order valence-electron chi connectivity index (χ2n) is 3.59. The molecular formula is C12H11N5. The van der Waals surface area contributed by atoms with Crippen molar-refractivity contribution >= 4 is 11.6 Å². The van der Waals surface area contributed by atoms with E-state index >= 15 is 0 Å². The van der Waals surface area contributed by atoms with Gasteiger partial charge in [0.15, 0.2) is 0 Å². The molecule has 0 spiro atoms. The molecule has 0 aromatic carbocycles. The normalized spacial score (nSPS) is 9.71. The molecule has 0 saturated heterocycles. The Bertz CT molecular complexity index is 586. The molecule has 0 fully saturated rings. The molecule has 2 rings (SSSR count). The van der Waals surface area contributed by atoms with Gasteiger partial charge in [0.2, 0.25) is 5.95 Å². The number of nitrogens with one attached hydrogen (secondary N) is 1. The highest BCUT2D eigenvalue weighted by molar-refractivity contribution is 5.56. The molecule has 84 valence electrons. The molecule has 2 aromatic rings. The number of rotatable bonds is 2. The van der Waals surface area contributed by atoms with Crippen molar-refractivity contribution in [1.29, 1.82) is 5.26 Å². The summed E-state index contributed by atoms with van der Waals surface area (Å²) in [6, 6.07) is 7.36. The Morgan fingerprint density at radius 2 is 2.12 bits per heavy atom. The maximum atomic E-state index is 8.83. The van der Waals surface area contributed by atoms with Crippen molar-refractivity contribution in [3.05, 3.63) is 41.5 Å². The standard InChI is InChI=1S/C12H11N5/c1-8-6-10(7-13)16-12(15-8)17-11-4-3-5-14-9(11)2/h3-6H,1-2H3,(H,15,16,17). The molecule has 5 heteroatoms. The fraction of sp³-hybridized carbons (Fsp3) is 0.167. The SMILES string of the molecule is Cc1cc(C#N)nc(Nc2cccnc2C)n1. The summed E-state index contributed by atoms with van der Waals surface area (Å²) in [5, 5.41) is 11.9. The Morgan fingerprint density at radius 3 is 2.82 bits per heavy atom. The minimum Gasteiger partial charge on any atom is -0.323 e. The van der Waals surface area contributed by atoms with Gasteiger partial charge in [-0.2, -0.15) is 5.26 Å². The summed E-state index contributed by atoms with van der Waals surface area (Å²) in [5.74, 6) is 0.414. The lowest BCUT2D eigenvalue weighted by Crippen LogP contribution is -2.02. The molecule has 0 amide bonds. The van der Waals surface area contributed by atoms with Crippen LogP contribution in [0, 0.1) is 25.2 Å². The highest BCUT2D eigenvalue weighted by Crippen LogP contribution is 2.15. The lowest BCUT2D eigenvalue weighted by atomic mass is 10.3. The van der Waals surface area contributed by atoms with E-state index < -0.39 is 0 Å². The quantitative estimate of drug-likeness (QED) is 0.847. The topological polar surface area (TPSA) is 74.5 Å². The number of nitriles is 1. The van der Waals surface area contributed by atoms with Crippen molar-refractivity contribution in [1.82, 2.24) is 15.0 Å². The van der Waals surface area contributed by atoms with Crippen molar-refractivity contribution in [2.45, 2.75) is 13.8 Å². The molecule has 0 unspecified atom stereocenters. The van der Waals surface area contributed by atoms with Crippen LogP contribution in [0.3, 0.4) is 0 Å². The predicted molar refractivity (Wildman–Crippen MR) is 63.7 cm³/mol. The van der Waals surface area contributed by atoms with Gasteiger partial charge in [-0.15, -0.1) is 0 Å². The molecule has 2 heterocycles. The van der Waals surface area contributed by atoms with Crippen LogP contribution < -0.4 is 5.32 Å². The molecular weight excluding hydrogens is 214 g/mol. The number of nitrogens with zero attached hydrogens (tertiary/aromatic N) is 4. The van der Waals surface area contributed by atoms with E-state index in [4.69, 9.17) is 5.26 Å². The minimum absolute atomic E-state index is 0.349. The molecule has 5 nitrogen and oxygen atoms in total. The van der Waals surface area contributed by atoms with E-state index in [2.05, 4.69) is 20.3 Å². The van der Waals surface area contributed by atoms with Gasteiger partial charge in [-0.1, -0.05) is 0 Å². The Balaban J connectivity index is 2.34. The smallest absolute Gasteiger partial charge is 0.228 e. The second kappa shape index (κ2) is 4.58. The van der Waals surface area contributed by atoms with Crippen LogP contribution in [0.25, 0.3) is 0 Å². The van der Waals surface area contributed by atoms with Crippen LogP contribution in [0.5, 0.6) is 0 Å². The first kappa shape index (κ1) is 11.0. The molecule has 0 aliphatic heterocycles. The van der Waals surface area contributed by atoms with E-state index in [1.807, 2.05) is 32.0 Å². The molecule has 0 aliphatic rings. The van der Waals surface area contributed by atoms with Gasteiger partial charge in [-0.25, -0.2) is 9.97 Å². The average molecular weight is 225 g/mol. The fourth-order valence-electron chi connectivity index (χ4n) is 1.42. The van der Waals surface area contributed by atoms with Crippen LogP contribution in [0.1, 0.15) is 17.1 Å². The zero-order chi connectivity index (χ0) is 12.3. The van der Waals surface area contributed by atoms with Gasteiger partial charge in [-0.3, -0.25) is 4.98 Å². The van der Waals surface area contributed by atoms with Crippen LogP contribution in [0.2, 0.25) is 0 Å². The molecule has 17 heavy (non-hydrogen) atoms. The first-order valence-corrected chi connectivity index (χ1v) is 5.13. The minimum atomic E-state index is 0.349. The van der Waals surface area contributed by atoms with Gasteiger partial charge in [0.1, 0.15) is 11.8 Å². The summed E-state index contributed by atoms with van der Waals surface area (Å²) in [7, 11) is 0. The van der Waals surface area contributed by atoms with E-state index in [-0.39, 0.29) is 0 Å². The molecule has 2 aromatic heterocycles. The Morgan fingerprint density at radius 1 is 1.29 bits per heavy atom. The summed E-state index contributed by atoms with van der Waals surface area (Å²) in [5.41, 5.74) is 2.79. The Hall–Kier alpha value is -2.48. The molecule has 0 atom stereocenters. The lowest BCUT2D eigenvalue weighted by Gasteiger charge is -2.07. The number of aromatic nitrogens is 3. The first-order valence-electron chi connectivity index (χ1n) is 5.13. The van der Waals surface area contributed by atoms with Crippen molar-refractivity contribution in [2.24, 2.45) is 0 Å². The van der Waals surface area contributed by atoms with Crippen molar-refractivity contribution in [2.75, 3.05) is 5.32 Å². The van der Waals surface area contributed by atoms with Gasteiger partial charge < -0.3 is 5.32 Å². The average Bonchev–Trinajstić information content (AvgIpc) is 2.31. The number of hydrogen-bond donors (Lipinski definition) is 1. The molecule has 0 aliphatic carbocycles. The van der Waals surface area contributed by atoms with Crippen molar-refractivity contribution in [3.63, 3.8) is 0 Å². The zero-order valence-corrected chi connectivity index (χ0v) is 9.60. The number of pyridine rings is 1. The van der Waals surface area contributed by atoms with E-state index in [1.54, 1.807) is 12.3 Å². The van der Waals surface area contributed by atoms with Gasteiger partial charge in [0, 0.05) is 11.9 Å². The maximum absolute atomic E-state index is 8.83. The maximum Gasteiger partial charge on any atom is 0.228 e. The van der Waals surface area contributed by atoms with Crippen LogP contribution in [0.15, 0.2) is 24.4 Å². The van der Waals surface area contributed by atoms with Gasteiger partial charge >= 0.3 is 0 Å². The Kier molecular flexibility index (Phi) is 2.97. The monoisotopic (exact) mass is 225 g/mol. The summed E-state index contributed by atoms with van der Waals surface area (Å²) in [6.07, 6.45) is 1.72. The first-order chi connectivity index (χ1) is 8.19. The van der Waals surface area contributed by atoms with E-state index in [9.17, 15) is 0 Å². The number of anilines is 2. The van der Waals surface area contributed by atoms with Gasteiger partial charge in [-0.05, 0) is 32.0 Å². The van der Waals surface area contributed by atoms with Crippen LogP contribution in [-0.2, 0) is 0 Å². The van der Waals surface area contributed by atoms with Crippen LogP contribution in [-0.4, -0.2) is 15.0 Å². The highest BCUT2D eigenvalue weighted by Gasteiger charge is 2.04. The van der Waals surface area contributed by atoms with Gasteiger partial charge in [0.25, 0.3) is 0 Å². The molecule has 0 saturated carbocycles. The molecule has 0 bridgehead atoms. The predicted octanol–water partition coefficient (Wildman–Crippen LogP) is 2.10. The summed E-state index contributed by atoms with van der Waals surface area (Å²) in [4.78, 5) is 12.5. The third-order valence-corrected chi connectivity index (χ3v) is 2.22. The van der Waals surface area contributed by atoms with E-state index in [0.29, 0.717) is 11.6 Å². The summed E-state index contributed by atoms with van der Waals surface area (Å²) >= 11 is 0. The number of hydrogen-bond acceptors (Lipinski definition) is 5. The van der Waals surface area contributed by atoms with Crippen LogP contribution in [0.4, 0.5) is 11.6 Å². The third kappa shape index (κ3) is 2.55. The van der Waals surface area contributed by atoms with Crippen molar-refractivity contribution in [3.8, 4) is 6.07 Å². The second-order valence-corrected chi connectivity index (χ2v) is 3.59. The third-order valence-electron chi connectivity index (χ3n) is 2.22. The lowest BCUT2D eigenvalue weighted by molar-refractivity contribution is 1.08. The fourth-order valence-corrected chi connectivity index (χ4v) is 1.42. The zero-order valence-electron chi connectivity index (χ0n) is 9.60. The summed E-state index contributed by atoms with van der Waals surface area (Å²) in [6.45, 7) is 3.72. The molecule has 1 N–H and O–H groups in total. The van der Waals surface area contributed by atoms with E-state index in [1.165, 1.54) is 0 Å². The van der Waals surface area contributed by atoms with Crippen molar-refractivity contribution < 1.29 is 0 Å². The largest absolute Gasteiger partial charge is 0.323 e. The Labute approximate surface area is 99.2 Å². The molecule has 0 radical (unpaired) electrons. The van der Waals surface area contributed by atoms with E-state index in [0.717, 1.165) is 17.1 Å².